The van der Waals surface area contributed by atoms with Gasteiger partial charge in [-0.2, -0.15) is 0 Å². The Morgan fingerprint density at radius 1 is 0.882 bits per heavy atom. The maximum atomic E-state index is 5.59. The van der Waals surface area contributed by atoms with Crippen LogP contribution in [0.4, 0.5) is 0 Å². The van der Waals surface area contributed by atoms with Crippen LogP contribution in [0.3, 0.4) is 0 Å². The number of hydrogen-bond acceptors (Lipinski definition) is 2. The van der Waals surface area contributed by atoms with Gasteiger partial charge >= 0.3 is 0 Å². The molecule has 2 nitrogen and oxygen atoms in total. The van der Waals surface area contributed by atoms with Gasteiger partial charge in [0.05, 0.1) is 19.3 Å². The predicted molar refractivity (Wildman–Crippen MR) is 71.7 cm³/mol. The van der Waals surface area contributed by atoms with Crippen molar-refractivity contribution in [3.8, 4) is 0 Å². The Labute approximate surface area is 104 Å². The van der Waals surface area contributed by atoms with Crippen molar-refractivity contribution in [2.24, 2.45) is 0 Å². The lowest BCUT2D eigenvalue weighted by atomic mass is 9.86. The van der Waals surface area contributed by atoms with E-state index in [1.165, 1.54) is 33.4 Å². The summed E-state index contributed by atoms with van der Waals surface area (Å²) < 4.78 is 5.59. The van der Waals surface area contributed by atoms with Gasteiger partial charge in [-0.25, -0.2) is 0 Å². The number of benzene rings is 1. The van der Waals surface area contributed by atoms with Crippen LogP contribution in [-0.2, 0) is 4.74 Å². The molecule has 0 aliphatic carbocycles. The topological polar surface area (TPSA) is 21.3 Å². The molecule has 0 saturated carbocycles. The van der Waals surface area contributed by atoms with Crippen LogP contribution in [0, 0.1) is 34.6 Å². The van der Waals surface area contributed by atoms with E-state index in [4.69, 9.17) is 4.74 Å². The summed E-state index contributed by atoms with van der Waals surface area (Å²) >= 11 is 0. The zero-order valence-corrected chi connectivity index (χ0v) is 11.6. The second-order valence-corrected chi connectivity index (χ2v) is 5.12. The third-order valence-electron chi connectivity index (χ3n) is 4.33. The van der Waals surface area contributed by atoms with E-state index in [9.17, 15) is 0 Å². The first-order valence-electron chi connectivity index (χ1n) is 6.42. The molecule has 1 aliphatic rings. The van der Waals surface area contributed by atoms with Gasteiger partial charge in [-0.05, 0) is 68.0 Å². The molecule has 2 rings (SSSR count). The van der Waals surface area contributed by atoms with Crippen LogP contribution in [0.2, 0.25) is 0 Å². The number of nitrogens with one attached hydrogen (secondary N) is 1. The minimum absolute atomic E-state index is 0.363. The molecule has 0 unspecified atom stereocenters. The minimum Gasteiger partial charge on any atom is -0.378 e. The third-order valence-corrected chi connectivity index (χ3v) is 4.33. The highest BCUT2D eigenvalue weighted by atomic mass is 16.5. The van der Waals surface area contributed by atoms with Crippen molar-refractivity contribution in [1.82, 2.24) is 5.32 Å². The van der Waals surface area contributed by atoms with Crippen LogP contribution in [0.1, 0.15) is 39.4 Å². The lowest BCUT2D eigenvalue weighted by Crippen LogP contribution is -2.35. The quantitative estimate of drug-likeness (QED) is 0.805. The highest BCUT2D eigenvalue weighted by Gasteiger charge is 2.22. The first-order chi connectivity index (χ1) is 8.04. The van der Waals surface area contributed by atoms with Crippen molar-refractivity contribution in [3.05, 3.63) is 33.4 Å². The van der Waals surface area contributed by atoms with Crippen molar-refractivity contribution >= 4 is 0 Å². The molecule has 1 aromatic carbocycles. The van der Waals surface area contributed by atoms with Gasteiger partial charge in [0, 0.05) is 6.54 Å². The number of ether oxygens (including phenoxy) is 1. The average molecular weight is 233 g/mol. The van der Waals surface area contributed by atoms with E-state index in [2.05, 4.69) is 39.9 Å². The Morgan fingerprint density at radius 2 is 1.41 bits per heavy atom. The van der Waals surface area contributed by atoms with Crippen LogP contribution in [0.5, 0.6) is 0 Å². The van der Waals surface area contributed by atoms with E-state index in [1.54, 1.807) is 0 Å². The summed E-state index contributed by atoms with van der Waals surface area (Å²) in [4.78, 5) is 0. The molecule has 17 heavy (non-hydrogen) atoms. The second-order valence-electron chi connectivity index (χ2n) is 5.12. The van der Waals surface area contributed by atoms with Gasteiger partial charge in [-0.1, -0.05) is 0 Å². The number of morpholine rings is 1. The van der Waals surface area contributed by atoms with E-state index in [-0.39, 0.29) is 0 Å². The largest absolute Gasteiger partial charge is 0.378 e. The molecule has 1 aromatic rings. The van der Waals surface area contributed by atoms with Crippen molar-refractivity contribution in [1.29, 1.82) is 0 Å². The lowest BCUT2D eigenvalue weighted by Gasteiger charge is -2.29. The van der Waals surface area contributed by atoms with Crippen molar-refractivity contribution in [3.63, 3.8) is 0 Å². The first-order valence-corrected chi connectivity index (χ1v) is 6.42. The Hall–Kier alpha value is -0.860. The predicted octanol–water partition coefficient (Wildman–Crippen LogP) is 2.89. The lowest BCUT2D eigenvalue weighted by molar-refractivity contribution is 0.0764. The molecular weight excluding hydrogens is 210 g/mol. The maximum absolute atomic E-state index is 5.59. The smallest absolute Gasteiger partial charge is 0.0662 e. The standard InChI is InChI=1S/C15H23NO/c1-9-10(2)12(4)15(13(5)11(9)3)14-8-17-7-6-16-14/h14,16H,6-8H2,1-5H3/t14-/m0/s1. The summed E-state index contributed by atoms with van der Waals surface area (Å²) in [7, 11) is 0. The van der Waals surface area contributed by atoms with Crippen LogP contribution < -0.4 is 5.32 Å². The normalized spacial score (nSPS) is 20.6. The molecule has 0 radical (unpaired) electrons. The van der Waals surface area contributed by atoms with Gasteiger partial charge in [0.15, 0.2) is 0 Å². The molecule has 0 spiro atoms. The Morgan fingerprint density at radius 3 is 1.88 bits per heavy atom. The fraction of sp³-hybridized carbons (Fsp3) is 0.600. The molecule has 1 saturated heterocycles. The molecule has 1 atom stereocenters. The van der Waals surface area contributed by atoms with Crippen LogP contribution in [0.15, 0.2) is 0 Å². The van der Waals surface area contributed by atoms with E-state index in [0.717, 1.165) is 19.8 Å². The third kappa shape index (κ3) is 2.12. The fourth-order valence-corrected chi connectivity index (χ4v) is 2.80. The van der Waals surface area contributed by atoms with Crippen LogP contribution >= 0.6 is 0 Å². The zero-order chi connectivity index (χ0) is 12.6. The summed E-state index contributed by atoms with van der Waals surface area (Å²) in [5, 5.41) is 3.57. The molecule has 1 aliphatic heterocycles. The molecule has 0 amide bonds. The highest BCUT2D eigenvalue weighted by Crippen LogP contribution is 2.31. The first kappa shape index (κ1) is 12.6. The highest BCUT2D eigenvalue weighted by molar-refractivity contribution is 5.50. The fourth-order valence-electron chi connectivity index (χ4n) is 2.80. The molecule has 1 heterocycles. The minimum atomic E-state index is 0.363. The molecule has 94 valence electrons. The Bertz CT molecular complexity index is 402. The summed E-state index contributed by atoms with van der Waals surface area (Å²) in [5.74, 6) is 0. The Balaban J connectivity index is 2.52. The molecule has 0 aromatic heterocycles. The van der Waals surface area contributed by atoms with E-state index in [0.29, 0.717) is 6.04 Å². The summed E-state index contributed by atoms with van der Waals surface area (Å²) in [6.07, 6.45) is 0. The maximum Gasteiger partial charge on any atom is 0.0662 e. The summed E-state index contributed by atoms with van der Waals surface area (Å²) in [5.41, 5.74) is 8.58. The van der Waals surface area contributed by atoms with Gasteiger partial charge in [-0.3, -0.25) is 0 Å². The average Bonchev–Trinajstić information content (AvgIpc) is 2.36. The zero-order valence-electron chi connectivity index (χ0n) is 11.6. The van der Waals surface area contributed by atoms with Gasteiger partial charge in [0.2, 0.25) is 0 Å². The van der Waals surface area contributed by atoms with Gasteiger partial charge in [0.25, 0.3) is 0 Å². The van der Waals surface area contributed by atoms with Crippen molar-refractivity contribution in [2.45, 2.75) is 40.7 Å². The van der Waals surface area contributed by atoms with Crippen molar-refractivity contribution in [2.75, 3.05) is 19.8 Å². The summed E-state index contributed by atoms with van der Waals surface area (Å²) in [6, 6.07) is 0.363. The SMILES string of the molecule is Cc1c(C)c(C)c([C@@H]2COCCN2)c(C)c1C. The number of rotatable bonds is 1. The molecule has 0 bridgehead atoms. The number of hydrogen-bond donors (Lipinski definition) is 1. The monoisotopic (exact) mass is 233 g/mol. The van der Waals surface area contributed by atoms with Gasteiger partial charge in [-0.15, -0.1) is 0 Å². The molecular formula is C15H23NO. The molecule has 1 N–H and O–H groups in total. The summed E-state index contributed by atoms with van der Waals surface area (Å²) in [6.45, 7) is 13.7. The second kappa shape index (κ2) is 4.79. The molecule has 2 heteroatoms. The Kier molecular flexibility index (Phi) is 3.55. The van der Waals surface area contributed by atoms with Gasteiger partial charge in [0.1, 0.15) is 0 Å². The van der Waals surface area contributed by atoms with Crippen molar-refractivity contribution < 1.29 is 4.74 Å². The van der Waals surface area contributed by atoms with E-state index >= 15 is 0 Å². The van der Waals surface area contributed by atoms with E-state index in [1.807, 2.05) is 0 Å². The van der Waals surface area contributed by atoms with Crippen LogP contribution in [0.25, 0.3) is 0 Å². The van der Waals surface area contributed by atoms with Gasteiger partial charge < -0.3 is 10.1 Å². The van der Waals surface area contributed by atoms with Crippen LogP contribution in [-0.4, -0.2) is 19.8 Å². The molecule has 1 fully saturated rings. The van der Waals surface area contributed by atoms with E-state index < -0.39 is 0 Å².